The van der Waals surface area contributed by atoms with Gasteiger partial charge in [0.15, 0.2) is 5.78 Å². The Morgan fingerprint density at radius 2 is 1.93 bits per heavy atom. The van der Waals surface area contributed by atoms with Gasteiger partial charge in [0.2, 0.25) is 5.91 Å². The van der Waals surface area contributed by atoms with Gasteiger partial charge < -0.3 is 10.1 Å². The molecule has 0 aromatic rings. The van der Waals surface area contributed by atoms with E-state index in [4.69, 9.17) is 0 Å². The molecule has 0 aromatic carbocycles. The Kier molecular flexibility index (Phi) is 11.3. The molecule has 84 valence electrons. The van der Waals surface area contributed by atoms with Gasteiger partial charge in [-0.1, -0.05) is 13.8 Å². The molecule has 0 aromatic heterocycles. The quantitative estimate of drug-likeness (QED) is 0.741. The lowest BCUT2D eigenvalue weighted by atomic mass is 10.1. The Balaban J connectivity index is 0. The van der Waals surface area contributed by atoms with Crippen LogP contribution in [0.2, 0.25) is 0 Å². The Hall–Kier alpha value is -0.900. The molecule has 0 rings (SSSR count). The normalized spacial score (nSPS) is 10.9. The van der Waals surface area contributed by atoms with Gasteiger partial charge in [0.05, 0.1) is 0 Å². The van der Waals surface area contributed by atoms with Crippen LogP contribution in [0.1, 0.15) is 27.2 Å². The second kappa shape index (κ2) is 10.2. The van der Waals surface area contributed by atoms with Gasteiger partial charge in [0.1, 0.15) is 6.61 Å². The van der Waals surface area contributed by atoms with E-state index in [-0.39, 0.29) is 24.2 Å². The highest BCUT2D eigenvalue weighted by Crippen LogP contribution is 1.97. The van der Waals surface area contributed by atoms with E-state index >= 15 is 0 Å². The van der Waals surface area contributed by atoms with Crippen molar-refractivity contribution in [1.82, 2.24) is 5.32 Å². The van der Waals surface area contributed by atoms with Gasteiger partial charge in [-0.3, -0.25) is 9.59 Å². The molecular weight excluding hydrogens is 182 g/mol. The lowest BCUT2D eigenvalue weighted by Gasteiger charge is -2.03. The summed E-state index contributed by atoms with van der Waals surface area (Å²) < 4.78 is 4.45. The predicted octanol–water partition coefficient (Wildman–Crippen LogP) is 1.00. The van der Waals surface area contributed by atoms with Crippen LogP contribution < -0.4 is 5.32 Å². The number of ether oxygens (including phenoxy) is 1. The van der Waals surface area contributed by atoms with Crippen LogP contribution in [0.5, 0.6) is 0 Å². The Morgan fingerprint density at radius 1 is 1.43 bits per heavy atom. The van der Waals surface area contributed by atoms with Crippen LogP contribution in [0.3, 0.4) is 0 Å². The standard InChI is InChI=1S/C6H13NO.C4H8O2/c1-4-5(2)6(8)7-3;1-4(5)3-6-2/h5H,4H2,1-3H3,(H,7,8);3H2,1-2H3. The van der Waals surface area contributed by atoms with Crippen molar-refractivity contribution >= 4 is 11.7 Å². The lowest BCUT2D eigenvalue weighted by Crippen LogP contribution is -2.24. The van der Waals surface area contributed by atoms with Crippen LogP contribution in [-0.2, 0) is 14.3 Å². The van der Waals surface area contributed by atoms with E-state index in [0.717, 1.165) is 6.42 Å². The predicted molar refractivity (Wildman–Crippen MR) is 56.1 cm³/mol. The number of carbonyl (C=O) groups excluding carboxylic acids is 2. The van der Waals surface area contributed by atoms with Crippen LogP contribution in [0, 0.1) is 5.92 Å². The highest BCUT2D eigenvalue weighted by molar-refractivity contribution is 5.77. The third kappa shape index (κ3) is 11.1. The first-order valence-electron chi connectivity index (χ1n) is 4.69. The molecule has 0 saturated heterocycles. The molecule has 0 radical (unpaired) electrons. The van der Waals surface area contributed by atoms with Crippen LogP contribution in [0.4, 0.5) is 0 Å². The molecule has 4 nitrogen and oxygen atoms in total. The zero-order chi connectivity index (χ0) is 11.6. The number of carbonyl (C=O) groups is 2. The summed E-state index contributed by atoms with van der Waals surface area (Å²) in [5, 5.41) is 2.58. The minimum Gasteiger partial charge on any atom is -0.377 e. The minimum absolute atomic E-state index is 0.0671. The van der Waals surface area contributed by atoms with Crippen LogP contribution in [0.15, 0.2) is 0 Å². The molecule has 1 atom stereocenters. The van der Waals surface area contributed by atoms with Gasteiger partial charge in [-0.15, -0.1) is 0 Å². The molecule has 1 amide bonds. The lowest BCUT2D eigenvalue weighted by molar-refractivity contribution is -0.124. The summed E-state index contributed by atoms with van der Waals surface area (Å²) in [7, 11) is 3.16. The fourth-order valence-electron chi connectivity index (χ4n) is 0.635. The maximum absolute atomic E-state index is 10.6. The summed E-state index contributed by atoms with van der Waals surface area (Å²) in [4.78, 5) is 20.6. The first-order valence-corrected chi connectivity index (χ1v) is 4.69. The maximum Gasteiger partial charge on any atom is 0.222 e. The third-order valence-electron chi connectivity index (χ3n) is 1.65. The van der Waals surface area contributed by atoms with Crippen molar-refractivity contribution in [1.29, 1.82) is 0 Å². The Morgan fingerprint density at radius 3 is 2.00 bits per heavy atom. The molecule has 1 unspecified atom stereocenters. The summed E-state index contributed by atoms with van der Waals surface area (Å²) in [5.74, 6) is 0.366. The monoisotopic (exact) mass is 203 g/mol. The number of nitrogens with one attached hydrogen (secondary N) is 1. The highest BCUT2D eigenvalue weighted by Gasteiger charge is 2.05. The number of Topliss-reactive ketones (excluding diaryl/α,β-unsaturated/α-hetero) is 1. The van der Waals surface area contributed by atoms with Gasteiger partial charge >= 0.3 is 0 Å². The van der Waals surface area contributed by atoms with E-state index in [9.17, 15) is 9.59 Å². The van der Waals surface area contributed by atoms with Gasteiger partial charge in [-0.2, -0.15) is 0 Å². The van der Waals surface area contributed by atoms with Crippen molar-refractivity contribution in [2.24, 2.45) is 5.92 Å². The second-order valence-corrected chi connectivity index (χ2v) is 3.06. The van der Waals surface area contributed by atoms with Gasteiger partial charge in [0.25, 0.3) is 0 Å². The second-order valence-electron chi connectivity index (χ2n) is 3.06. The summed E-state index contributed by atoms with van der Waals surface area (Å²) >= 11 is 0. The topological polar surface area (TPSA) is 55.4 Å². The van der Waals surface area contributed by atoms with Gasteiger partial charge in [-0.25, -0.2) is 0 Å². The molecule has 0 bridgehead atoms. The van der Waals surface area contributed by atoms with Crippen molar-refractivity contribution in [3.63, 3.8) is 0 Å². The van der Waals surface area contributed by atoms with E-state index in [1.165, 1.54) is 14.0 Å². The van der Waals surface area contributed by atoms with Crippen molar-refractivity contribution < 1.29 is 14.3 Å². The molecule has 1 N–H and O–H groups in total. The molecule has 0 saturated carbocycles. The number of rotatable bonds is 4. The summed E-state index contributed by atoms with van der Waals surface area (Å²) in [6.45, 7) is 5.64. The highest BCUT2D eigenvalue weighted by atomic mass is 16.5. The Labute approximate surface area is 86.0 Å². The van der Waals surface area contributed by atoms with E-state index in [1.54, 1.807) is 7.05 Å². The van der Waals surface area contributed by atoms with Crippen LogP contribution in [0.25, 0.3) is 0 Å². The Bertz CT molecular complexity index is 169. The summed E-state index contributed by atoms with van der Waals surface area (Å²) in [6.07, 6.45) is 0.916. The SMILES string of the molecule is CCC(C)C(=O)NC.COCC(C)=O. The third-order valence-corrected chi connectivity index (χ3v) is 1.65. The zero-order valence-corrected chi connectivity index (χ0v) is 9.72. The summed E-state index contributed by atoms with van der Waals surface area (Å²) in [6, 6.07) is 0. The average molecular weight is 203 g/mol. The molecule has 0 fully saturated rings. The molecule has 0 heterocycles. The molecule has 14 heavy (non-hydrogen) atoms. The van der Waals surface area contributed by atoms with E-state index in [1.807, 2.05) is 13.8 Å². The van der Waals surface area contributed by atoms with Crippen molar-refractivity contribution in [2.45, 2.75) is 27.2 Å². The molecule has 0 aliphatic heterocycles. The first kappa shape index (κ1) is 15.6. The van der Waals surface area contributed by atoms with Crippen molar-refractivity contribution in [3.05, 3.63) is 0 Å². The van der Waals surface area contributed by atoms with E-state index in [0.29, 0.717) is 0 Å². The zero-order valence-electron chi connectivity index (χ0n) is 9.72. The number of amides is 1. The molecule has 4 heteroatoms. The van der Waals surface area contributed by atoms with Crippen molar-refractivity contribution in [3.8, 4) is 0 Å². The van der Waals surface area contributed by atoms with Gasteiger partial charge in [-0.05, 0) is 13.3 Å². The van der Waals surface area contributed by atoms with E-state index < -0.39 is 0 Å². The van der Waals surface area contributed by atoms with Crippen LogP contribution in [-0.4, -0.2) is 32.5 Å². The molecular formula is C10H21NO3. The van der Waals surface area contributed by atoms with E-state index in [2.05, 4.69) is 10.1 Å². The number of hydrogen-bond acceptors (Lipinski definition) is 3. The molecule has 0 aliphatic rings. The van der Waals surface area contributed by atoms with Gasteiger partial charge in [0, 0.05) is 20.1 Å². The minimum atomic E-state index is 0.0671. The van der Waals surface area contributed by atoms with Crippen molar-refractivity contribution in [2.75, 3.05) is 20.8 Å². The number of hydrogen-bond donors (Lipinski definition) is 1. The largest absolute Gasteiger partial charge is 0.377 e. The van der Waals surface area contributed by atoms with Crippen LogP contribution >= 0.6 is 0 Å². The molecule has 0 spiro atoms. The average Bonchev–Trinajstić information content (AvgIpc) is 2.16. The first-order chi connectivity index (χ1) is 6.49. The molecule has 0 aliphatic carbocycles. The summed E-state index contributed by atoms with van der Waals surface area (Å²) in [5.41, 5.74) is 0. The number of methoxy groups -OCH3 is 1. The smallest absolute Gasteiger partial charge is 0.222 e. The fraction of sp³-hybridized carbons (Fsp3) is 0.800. The number of ketones is 1. The fourth-order valence-corrected chi connectivity index (χ4v) is 0.635. The maximum atomic E-state index is 10.6.